The largest absolute Gasteiger partial charge is 0.310 e. The molecule has 1 saturated heterocycles. The van der Waals surface area contributed by atoms with Crippen LogP contribution in [0.4, 0.5) is 5.82 Å². The van der Waals surface area contributed by atoms with Crippen molar-refractivity contribution in [3.05, 3.63) is 11.8 Å². The lowest BCUT2D eigenvalue weighted by molar-refractivity contribution is -0.119. The molecule has 1 atom stereocenters. The van der Waals surface area contributed by atoms with E-state index in [4.69, 9.17) is 5.26 Å². The minimum absolute atomic E-state index is 0.0784. The normalized spacial score (nSPS) is 18.2. The summed E-state index contributed by atoms with van der Waals surface area (Å²) < 4.78 is 25.8. The number of H-pyrrole nitrogens is 1. The SMILES string of the molecule is CC(C)S(=O)(=O)NCc1cc(NC(=O)[C@H]2CCN(C#N)C2)n[nH]1. The van der Waals surface area contributed by atoms with Crippen LogP contribution in [0.3, 0.4) is 0 Å². The molecule has 2 heterocycles. The van der Waals surface area contributed by atoms with E-state index in [9.17, 15) is 13.2 Å². The van der Waals surface area contributed by atoms with Crippen LogP contribution in [0.25, 0.3) is 0 Å². The summed E-state index contributed by atoms with van der Waals surface area (Å²) in [6.45, 7) is 4.25. The van der Waals surface area contributed by atoms with E-state index in [1.165, 1.54) is 0 Å². The highest BCUT2D eigenvalue weighted by atomic mass is 32.2. The summed E-state index contributed by atoms with van der Waals surface area (Å²) >= 11 is 0. The summed E-state index contributed by atoms with van der Waals surface area (Å²) in [6, 6.07) is 1.58. The van der Waals surface area contributed by atoms with Crippen molar-refractivity contribution in [2.75, 3.05) is 18.4 Å². The molecule has 0 spiro atoms. The number of nitrogens with zero attached hydrogens (tertiary/aromatic N) is 3. The number of sulfonamides is 1. The summed E-state index contributed by atoms with van der Waals surface area (Å²) in [6.07, 6.45) is 2.65. The van der Waals surface area contributed by atoms with Crippen molar-refractivity contribution < 1.29 is 13.2 Å². The van der Waals surface area contributed by atoms with Crippen molar-refractivity contribution >= 4 is 21.7 Å². The van der Waals surface area contributed by atoms with E-state index in [1.807, 2.05) is 6.19 Å². The van der Waals surface area contributed by atoms with Crippen LogP contribution in [0.1, 0.15) is 26.0 Å². The predicted octanol–water partition coefficient (Wildman–Crippen LogP) is -0.0210. The van der Waals surface area contributed by atoms with Gasteiger partial charge in [-0.05, 0) is 20.3 Å². The molecule has 0 unspecified atom stereocenters. The Morgan fingerprint density at radius 1 is 1.61 bits per heavy atom. The molecule has 1 aromatic rings. The van der Waals surface area contributed by atoms with Gasteiger partial charge in [0.1, 0.15) is 0 Å². The van der Waals surface area contributed by atoms with Crippen molar-refractivity contribution in [2.45, 2.75) is 32.1 Å². The molecule has 0 aromatic carbocycles. The highest BCUT2D eigenvalue weighted by molar-refractivity contribution is 7.90. The molecule has 2 rings (SSSR count). The first-order chi connectivity index (χ1) is 10.8. The van der Waals surface area contributed by atoms with Crippen molar-refractivity contribution in [1.29, 1.82) is 5.26 Å². The number of aromatic amines is 1. The number of nitriles is 1. The Labute approximate surface area is 135 Å². The Kier molecular flexibility index (Phi) is 5.23. The third-order valence-electron chi connectivity index (χ3n) is 3.67. The lowest BCUT2D eigenvalue weighted by atomic mass is 10.1. The van der Waals surface area contributed by atoms with Crippen LogP contribution in [0.5, 0.6) is 0 Å². The zero-order valence-electron chi connectivity index (χ0n) is 13.0. The molecule has 3 N–H and O–H groups in total. The summed E-state index contributed by atoms with van der Waals surface area (Å²) in [7, 11) is -3.35. The second kappa shape index (κ2) is 6.97. The number of nitrogens with one attached hydrogen (secondary N) is 3. The summed E-state index contributed by atoms with van der Waals surface area (Å²) in [5, 5.41) is 17.6. The van der Waals surface area contributed by atoms with Crippen LogP contribution >= 0.6 is 0 Å². The number of likely N-dealkylation sites (tertiary alicyclic amines) is 1. The maximum absolute atomic E-state index is 12.1. The van der Waals surface area contributed by atoms with Gasteiger partial charge in [0, 0.05) is 19.2 Å². The van der Waals surface area contributed by atoms with E-state index in [1.54, 1.807) is 24.8 Å². The van der Waals surface area contributed by atoms with E-state index in [0.717, 1.165) is 0 Å². The Balaban J connectivity index is 1.88. The van der Waals surface area contributed by atoms with Gasteiger partial charge in [0.2, 0.25) is 15.9 Å². The third-order valence-corrected chi connectivity index (χ3v) is 5.45. The Morgan fingerprint density at radius 2 is 2.35 bits per heavy atom. The summed E-state index contributed by atoms with van der Waals surface area (Å²) in [5.41, 5.74) is 0.551. The molecular formula is C13H20N6O3S. The molecule has 0 saturated carbocycles. The molecule has 1 aromatic heterocycles. The van der Waals surface area contributed by atoms with Crippen LogP contribution in [-0.4, -0.2) is 47.8 Å². The smallest absolute Gasteiger partial charge is 0.230 e. The molecule has 126 valence electrons. The van der Waals surface area contributed by atoms with Gasteiger partial charge in [-0.3, -0.25) is 9.89 Å². The topological polar surface area (TPSA) is 131 Å². The third kappa shape index (κ3) is 4.43. The standard InChI is InChI=1S/C13H20N6O3S/c1-9(2)23(21,22)15-6-11-5-12(18-17-11)16-13(20)10-3-4-19(7-10)8-14/h5,9-10,15H,3-4,6-7H2,1-2H3,(H2,16,17,18,20)/t10-/m0/s1. The van der Waals surface area contributed by atoms with Crippen LogP contribution in [0.2, 0.25) is 0 Å². The highest BCUT2D eigenvalue weighted by Gasteiger charge is 2.28. The first kappa shape index (κ1) is 17.2. The second-order valence-electron chi connectivity index (χ2n) is 5.71. The Hall–Kier alpha value is -2.12. The molecule has 1 aliphatic rings. The minimum Gasteiger partial charge on any atom is -0.310 e. The number of anilines is 1. The number of rotatable bonds is 6. The quantitative estimate of drug-likeness (QED) is 0.624. The average molecular weight is 340 g/mol. The van der Waals surface area contributed by atoms with Crippen molar-refractivity contribution in [3.8, 4) is 6.19 Å². The van der Waals surface area contributed by atoms with E-state index in [-0.39, 0.29) is 18.4 Å². The van der Waals surface area contributed by atoms with Gasteiger partial charge in [0.25, 0.3) is 0 Å². The molecule has 0 radical (unpaired) electrons. The molecule has 1 amide bonds. The van der Waals surface area contributed by atoms with Gasteiger partial charge in [0.05, 0.1) is 23.4 Å². The van der Waals surface area contributed by atoms with Crippen LogP contribution in [0, 0.1) is 17.4 Å². The zero-order chi connectivity index (χ0) is 17.0. The number of hydrogen-bond donors (Lipinski definition) is 3. The van der Waals surface area contributed by atoms with Crippen LogP contribution < -0.4 is 10.0 Å². The fraction of sp³-hybridized carbons (Fsp3) is 0.615. The molecular weight excluding hydrogens is 320 g/mol. The van der Waals surface area contributed by atoms with Gasteiger partial charge in [0.15, 0.2) is 12.0 Å². The van der Waals surface area contributed by atoms with Gasteiger partial charge in [-0.15, -0.1) is 0 Å². The molecule has 1 aliphatic heterocycles. The van der Waals surface area contributed by atoms with Crippen molar-refractivity contribution in [2.24, 2.45) is 5.92 Å². The second-order valence-corrected chi connectivity index (χ2v) is 8.04. The summed E-state index contributed by atoms with van der Waals surface area (Å²) in [5.74, 6) is -0.0954. The maximum atomic E-state index is 12.1. The molecule has 0 aliphatic carbocycles. The maximum Gasteiger partial charge on any atom is 0.230 e. The fourth-order valence-electron chi connectivity index (χ4n) is 2.15. The Morgan fingerprint density at radius 3 is 2.96 bits per heavy atom. The van der Waals surface area contributed by atoms with Gasteiger partial charge < -0.3 is 10.2 Å². The average Bonchev–Trinajstić information content (AvgIpc) is 3.14. The monoisotopic (exact) mass is 340 g/mol. The van der Waals surface area contributed by atoms with Gasteiger partial charge >= 0.3 is 0 Å². The molecule has 23 heavy (non-hydrogen) atoms. The van der Waals surface area contributed by atoms with E-state index in [2.05, 4.69) is 20.2 Å². The summed E-state index contributed by atoms with van der Waals surface area (Å²) in [4.78, 5) is 13.6. The Bertz CT molecular complexity index is 706. The van der Waals surface area contributed by atoms with Gasteiger partial charge in [-0.1, -0.05) is 0 Å². The first-order valence-corrected chi connectivity index (χ1v) is 8.84. The number of amides is 1. The number of carbonyl (C=O) groups excluding carboxylic acids is 1. The van der Waals surface area contributed by atoms with E-state index >= 15 is 0 Å². The number of carbonyl (C=O) groups is 1. The lowest BCUT2D eigenvalue weighted by Crippen LogP contribution is -2.30. The number of hydrogen-bond acceptors (Lipinski definition) is 6. The van der Waals surface area contributed by atoms with Crippen LogP contribution in [0.15, 0.2) is 6.07 Å². The van der Waals surface area contributed by atoms with Gasteiger partial charge in [-0.2, -0.15) is 10.4 Å². The zero-order valence-corrected chi connectivity index (χ0v) is 13.9. The molecule has 9 nitrogen and oxygen atoms in total. The van der Waals surface area contributed by atoms with Crippen molar-refractivity contribution in [1.82, 2.24) is 19.8 Å². The molecule has 0 bridgehead atoms. The van der Waals surface area contributed by atoms with Crippen molar-refractivity contribution in [3.63, 3.8) is 0 Å². The highest BCUT2D eigenvalue weighted by Crippen LogP contribution is 2.17. The van der Waals surface area contributed by atoms with E-state index < -0.39 is 15.3 Å². The minimum atomic E-state index is -3.35. The number of aromatic nitrogens is 2. The van der Waals surface area contributed by atoms with E-state index in [0.29, 0.717) is 31.0 Å². The van der Waals surface area contributed by atoms with Gasteiger partial charge in [-0.25, -0.2) is 13.1 Å². The van der Waals surface area contributed by atoms with Crippen LogP contribution in [-0.2, 0) is 21.4 Å². The molecule has 10 heteroatoms. The molecule has 1 fully saturated rings. The fourth-order valence-corrected chi connectivity index (χ4v) is 2.84. The first-order valence-electron chi connectivity index (χ1n) is 7.30. The lowest BCUT2D eigenvalue weighted by Gasteiger charge is -2.08. The predicted molar refractivity (Wildman–Crippen MR) is 83.4 cm³/mol.